The molecule has 5 N–H and O–H groups in total. The summed E-state index contributed by atoms with van der Waals surface area (Å²) in [6.45, 7) is 13.0. The number of alkyl carbamates (subject to hydrolysis) is 2. The molecule has 15 nitrogen and oxygen atoms in total. The molecule has 0 radical (unpaired) electrons. The molecule has 0 unspecified atom stereocenters. The summed E-state index contributed by atoms with van der Waals surface area (Å²) in [4.78, 5) is 75.9. The van der Waals surface area contributed by atoms with Crippen molar-refractivity contribution in [1.82, 2.24) is 45.4 Å². The molecule has 62 heavy (non-hydrogen) atoms. The van der Waals surface area contributed by atoms with Gasteiger partial charge in [0, 0.05) is 35.3 Å². The molecule has 0 bridgehead atoms. The molecule has 4 amide bonds. The van der Waals surface area contributed by atoms with Crippen LogP contribution in [0.1, 0.15) is 101 Å². The Labute approximate surface area is 361 Å². The minimum atomic E-state index is -0.708. The van der Waals surface area contributed by atoms with E-state index < -0.39 is 24.3 Å². The van der Waals surface area contributed by atoms with Gasteiger partial charge in [0.15, 0.2) is 0 Å². The summed E-state index contributed by atoms with van der Waals surface area (Å²) in [5.41, 5.74) is 11.7. The number of nitrogens with zero attached hydrogens (tertiary/aromatic N) is 4. The maximum absolute atomic E-state index is 13.8. The van der Waals surface area contributed by atoms with E-state index in [9.17, 15) is 19.2 Å². The molecular weight excluding hydrogens is 787 g/mol. The molecule has 3 aliphatic rings. The first kappa shape index (κ1) is 42.3. The minimum absolute atomic E-state index is 0.119. The summed E-state index contributed by atoms with van der Waals surface area (Å²) >= 11 is 0. The van der Waals surface area contributed by atoms with Gasteiger partial charge in [-0.2, -0.15) is 0 Å². The van der Waals surface area contributed by atoms with Crippen molar-refractivity contribution in [3.8, 4) is 33.6 Å². The SMILES string of the molecule is COC(=O)N[C@H](C(=O)N1CCC[C@H]1c1ncc(-c2ccc(-c3ccc(-c4cnc([C@@H]5CCCN5C(=O)[C@@H](NC(=O)OC)C(C)C)[nH]4)c4[nH]c(C)cc34)c3c2C=C(C)C3)[nH]1)C(C)C. The average molecular weight is 844 g/mol. The molecule has 3 aromatic heterocycles. The van der Waals surface area contributed by atoms with Crippen molar-refractivity contribution in [2.24, 2.45) is 11.8 Å². The van der Waals surface area contributed by atoms with Gasteiger partial charge in [0.1, 0.15) is 23.7 Å². The van der Waals surface area contributed by atoms with Gasteiger partial charge in [0.25, 0.3) is 0 Å². The normalized spacial score (nSPS) is 18.3. The summed E-state index contributed by atoms with van der Waals surface area (Å²) < 4.78 is 9.62. The molecule has 2 aromatic carbocycles. The highest BCUT2D eigenvalue weighted by molar-refractivity contribution is 6.04. The fourth-order valence-corrected chi connectivity index (χ4v) is 9.57. The first-order chi connectivity index (χ1) is 29.8. The van der Waals surface area contributed by atoms with E-state index in [1.165, 1.54) is 25.4 Å². The molecule has 5 aromatic rings. The van der Waals surface area contributed by atoms with Gasteiger partial charge in [-0.3, -0.25) is 9.59 Å². The zero-order valence-electron chi connectivity index (χ0n) is 36.8. The molecule has 0 saturated carbocycles. The third-order valence-electron chi connectivity index (χ3n) is 12.7. The number of likely N-dealkylation sites (tertiary alicyclic amines) is 2. The van der Waals surface area contributed by atoms with E-state index in [0.29, 0.717) is 18.9 Å². The Hall–Kier alpha value is -6.38. The van der Waals surface area contributed by atoms with Crippen LogP contribution in [-0.2, 0) is 25.5 Å². The van der Waals surface area contributed by atoms with E-state index >= 15 is 0 Å². The topological polar surface area (TPSA) is 190 Å². The van der Waals surface area contributed by atoms with Crippen molar-refractivity contribution in [3.63, 3.8) is 0 Å². The zero-order chi connectivity index (χ0) is 44.0. The Bertz CT molecular complexity index is 2560. The molecule has 2 aliphatic heterocycles. The number of imidazole rings is 2. The van der Waals surface area contributed by atoms with E-state index in [0.717, 1.165) is 93.7 Å². The number of ether oxygens (including phenoxy) is 2. The second-order valence-corrected chi connectivity index (χ2v) is 17.6. The number of hydrogen-bond donors (Lipinski definition) is 5. The molecule has 2 saturated heterocycles. The first-order valence-corrected chi connectivity index (χ1v) is 21.6. The van der Waals surface area contributed by atoms with Gasteiger partial charge < -0.3 is 44.9 Å². The quantitative estimate of drug-likeness (QED) is 0.0885. The fourth-order valence-electron chi connectivity index (χ4n) is 9.57. The van der Waals surface area contributed by atoms with Gasteiger partial charge in [0.2, 0.25) is 11.8 Å². The van der Waals surface area contributed by atoms with Crippen molar-refractivity contribution in [2.45, 2.75) is 97.8 Å². The van der Waals surface area contributed by atoms with Gasteiger partial charge in [-0.05, 0) is 86.1 Å². The number of nitrogens with one attached hydrogen (secondary N) is 5. The Morgan fingerprint density at radius 1 is 0.710 bits per heavy atom. The van der Waals surface area contributed by atoms with Gasteiger partial charge in [-0.25, -0.2) is 19.6 Å². The number of H-pyrrole nitrogens is 3. The van der Waals surface area contributed by atoms with Crippen LogP contribution in [0.4, 0.5) is 9.59 Å². The van der Waals surface area contributed by atoms with Crippen LogP contribution in [0.2, 0.25) is 0 Å². The van der Waals surface area contributed by atoms with Crippen LogP contribution in [0, 0.1) is 18.8 Å². The van der Waals surface area contributed by atoms with Gasteiger partial charge >= 0.3 is 12.2 Å². The number of amides is 4. The molecule has 5 heterocycles. The Morgan fingerprint density at radius 3 is 1.74 bits per heavy atom. The third-order valence-corrected chi connectivity index (χ3v) is 12.7. The predicted octanol–water partition coefficient (Wildman–Crippen LogP) is 7.97. The number of carbonyl (C=O) groups excluding carboxylic acids is 4. The number of rotatable bonds is 11. The fraction of sp³-hybridized carbons (Fsp3) is 0.447. The smallest absolute Gasteiger partial charge is 0.407 e. The summed E-state index contributed by atoms with van der Waals surface area (Å²) in [5.74, 6) is 0.916. The molecule has 326 valence electrons. The van der Waals surface area contributed by atoms with Crippen molar-refractivity contribution < 1.29 is 28.7 Å². The van der Waals surface area contributed by atoms with Crippen molar-refractivity contribution >= 4 is 41.0 Å². The summed E-state index contributed by atoms with van der Waals surface area (Å²) in [6, 6.07) is 8.99. The molecular formula is C47H57N9O6. The van der Waals surface area contributed by atoms with Crippen molar-refractivity contribution in [3.05, 3.63) is 76.8 Å². The second-order valence-electron chi connectivity index (χ2n) is 17.6. The standard InChI is InChI=1S/C47H57N9O6/c1-24(2)39(53-46(59)61-7)44(57)55-17-9-11-37(55)42-48-22-35(51-42)30-15-13-28(32-19-26(5)20-33(30)32)29-14-16-31(41-34(29)21-27(6)50-41)36-23-49-43(52-36)38-12-10-18-56(38)45(58)40(25(3)4)54-47(60)62-8/h13-16,20-25,37-40,50H,9-12,17-19H2,1-8H3,(H,48,51)(H,49,52)(H,53,59)(H,54,60)/t37-,38-,39-,40-/m0/s1. The summed E-state index contributed by atoms with van der Waals surface area (Å²) in [7, 11) is 2.59. The molecule has 8 rings (SSSR count). The number of hydrogen-bond acceptors (Lipinski definition) is 8. The van der Waals surface area contributed by atoms with E-state index in [-0.39, 0.29) is 35.7 Å². The lowest BCUT2D eigenvalue weighted by Gasteiger charge is -2.30. The predicted molar refractivity (Wildman–Crippen MR) is 237 cm³/mol. The van der Waals surface area contributed by atoms with Crippen LogP contribution in [0.3, 0.4) is 0 Å². The van der Waals surface area contributed by atoms with Crippen LogP contribution in [0.5, 0.6) is 0 Å². The van der Waals surface area contributed by atoms with Crippen LogP contribution >= 0.6 is 0 Å². The maximum Gasteiger partial charge on any atom is 0.407 e. The second kappa shape index (κ2) is 17.2. The van der Waals surface area contributed by atoms with E-state index in [1.807, 2.05) is 49.9 Å². The first-order valence-electron chi connectivity index (χ1n) is 21.6. The lowest BCUT2D eigenvalue weighted by Crippen LogP contribution is -2.51. The number of aromatic amines is 3. The van der Waals surface area contributed by atoms with Gasteiger partial charge in [-0.1, -0.05) is 63.6 Å². The number of carbonyl (C=O) groups is 4. The number of benzene rings is 2. The highest BCUT2D eigenvalue weighted by atomic mass is 16.5. The monoisotopic (exact) mass is 843 g/mol. The Kier molecular flexibility index (Phi) is 11.7. The lowest BCUT2D eigenvalue weighted by atomic mass is 9.89. The maximum atomic E-state index is 13.8. The number of fused-ring (bicyclic) bond motifs is 2. The number of aromatic nitrogens is 5. The molecule has 4 atom stereocenters. The number of allylic oxidation sites excluding steroid dienone is 1. The average Bonchev–Trinajstić information content (AvgIpc) is 4.11. The van der Waals surface area contributed by atoms with Gasteiger partial charge in [0.05, 0.1) is 55.6 Å². The lowest BCUT2D eigenvalue weighted by molar-refractivity contribution is -0.136. The minimum Gasteiger partial charge on any atom is -0.453 e. The summed E-state index contributed by atoms with van der Waals surface area (Å²) in [5, 5.41) is 6.55. The molecule has 2 fully saturated rings. The van der Waals surface area contributed by atoms with E-state index in [4.69, 9.17) is 19.4 Å². The van der Waals surface area contributed by atoms with Crippen LogP contribution in [-0.4, -0.2) is 98.1 Å². The number of aryl methyl sites for hydroxylation is 1. The molecule has 0 spiro atoms. The zero-order valence-corrected chi connectivity index (χ0v) is 36.8. The highest BCUT2D eigenvalue weighted by Gasteiger charge is 2.39. The van der Waals surface area contributed by atoms with Crippen LogP contribution in [0.25, 0.3) is 50.6 Å². The number of methoxy groups -OCH3 is 2. The third kappa shape index (κ3) is 7.84. The summed E-state index contributed by atoms with van der Waals surface area (Å²) in [6.07, 6.45) is 8.73. The van der Waals surface area contributed by atoms with Crippen LogP contribution in [0.15, 0.2) is 48.3 Å². The molecule has 1 aliphatic carbocycles. The Morgan fingerprint density at radius 2 is 1.21 bits per heavy atom. The van der Waals surface area contributed by atoms with Gasteiger partial charge in [-0.15, -0.1) is 0 Å². The Balaban J connectivity index is 1.08. The van der Waals surface area contributed by atoms with E-state index in [1.54, 1.807) is 0 Å². The van der Waals surface area contributed by atoms with E-state index in [2.05, 4.69) is 75.8 Å². The molecule has 15 heteroatoms. The van der Waals surface area contributed by atoms with Crippen molar-refractivity contribution in [1.29, 1.82) is 0 Å². The van der Waals surface area contributed by atoms with Crippen molar-refractivity contribution in [2.75, 3.05) is 27.3 Å². The highest BCUT2D eigenvalue weighted by Crippen LogP contribution is 2.44. The largest absolute Gasteiger partial charge is 0.453 e. The van der Waals surface area contributed by atoms with Crippen LogP contribution < -0.4 is 10.6 Å².